The van der Waals surface area contributed by atoms with Crippen LogP contribution in [-0.2, 0) is 6.54 Å². The first-order valence-electron chi connectivity index (χ1n) is 11.3. The minimum absolute atomic E-state index is 0.0615. The number of amides is 3. The van der Waals surface area contributed by atoms with E-state index in [2.05, 4.69) is 63.0 Å². The third-order valence-electron chi connectivity index (χ3n) is 6.24. The maximum atomic E-state index is 12.5. The summed E-state index contributed by atoms with van der Waals surface area (Å²) in [5.41, 5.74) is 2.55. The molecule has 0 atom stereocenters. The number of urea groups is 1. The Morgan fingerprint density at radius 1 is 0.879 bits per heavy atom. The van der Waals surface area contributed by atoms with Crippen molar-refractivity contribution in [3.63, 3.8) is 0 Å². The van der Waals surface area contributed by atoms with E-state index < -0.39 is 11.9 Å². The molecule has 33 heavy (non-hydrogen) atoms. The Kier molecular flexibility index (Phi) is 6.00. The second-order valence-electron chi connectivity index (χ2n) is 8.57. The van der Waals surface area contributed by atoms with E-state index in [-0.39, 0.29) is 6.04 Å². The molecule has 6 heteroatoms. The van der Waals surface area contributed by atoms with Crippen LogP contribution in [0, 0.1) is 0 Å². The van der Waals surface area contributed by atoms with Crippen LogP contribution in [-0.4, -0.2) is 41.0 Å². The summed E-state index contributed by atoms with van der Waals surface area (Å²) >= 11 is 0. The molecule has 0 radical (unpaired) electrons. The molecule has 2 heterocycles. The van der Waals surface area contributed by atoms with Crippen molar-refractivity contribution in [1.82, 2.24) is 20.5 Å². The molecule has 1 aliphatic rings. The Bertz CT molecular complexity index is 1310. The van der Waals surface area contributed by atoms with Crippen molar-refractivity contribution < 1.29 is 9.59 Å². The largest absolute Gasteiger partial charge is 0.335 e. The fraction of sp³-hybridized carbons (Fsp3) is 0.222. The van der Waals surface area contributed by atoms with Crippen LogP contribution in [0.5, 0.6) is 0 Å². The van der Waals surface area contributed by atoms with E-state index in [9.17, 15) is 9.59 Å². The first-order valence-corrected chi connectivity index (χ1v) is 11.3. The molecule has 0 aliphatic carbocycles. The zero-order chi connectivity index (χ0) is 22.6. The van der Waals surface area contributed by atoms with Gasteiger partial charge in [-0.25, -0.2) is 4.79 Å². The molecular weight excluding hydrogens is 412 g/mol. The van der Waals surface area contributed by atoms with E-state index in [0.29, 0.717) is 5.56 Å². The number of aromatic nitrogens is 1. The fourth-order valence-electron chi connectivity index (χ4n) is 4.44. The Morgan fingerprint density at radius 3 is 2.52 bits per heavy atom. The van der Waals surface area contributed by atoms with E-state index in [0.717, 1.165) is 43.4 Å². The number of rotatable bonds is 4. The highest BCUT2D eigenvalue weighted by molar-refractivity contribution is 6.05. The lowest BCUT2D eigenvalue weighted by molar-refractivity contribution is 0.0962. The molecule has 3 aromatic carbocycles. The minimum atomic E-state index is -0.445. The van der Waals surface area contributed by atoms with Gasteiger partial charge in [-0.1, -0.05) is 42.5 Å². The van der Waals surface area contributed by atoms with Gasteiger partial charge in [-0.05, 0) is 59.5 Å². The van der Waals surface area contributed by atoms with Gasteiger partial charge in [0.1, 0.15) is 0 Å². The van der Waals surface area contributed by atoms with Gasteiger partial charge in [0.15, 0.2) is 0 Å². The van der Waals surface area contributed by atoms with Crippen molar-refractivity contribution in [3.05, 3.63) is 90.1 Å². The standard InChI is InChI=1S/C27H26N4O2/c32-26(23-9-10-25-22(17-23)6-3-13-28-25)30-27(33)29-24-11-14-31(15-12-24)18-19-7-8-20-4-1-2-5-21(20)16-19/h1-10,13,16-17,24H,11-12,14-15,18H2,(H2,29,30,32,33). The Morgan fingerprint density at radius 2 is 1.67 bits per heavy atom. The molecule has 166 valence electrons. The van der Waals surface area contributed by atoms with E-state index in [4.69, 9.17) is 0 Å². The van der Waals surface area contributed by atoms with E-state index in [1.54, 1.807) is 24.4 Å². The molecule has 3 amide bonds. The van der Waals surface area contributed by atoms with Crippen molar-refractivity contribution in [2.75, 3.05) is 13.1 Å². The Hall–Kier alpha value is -3.77. The molecule has 2 N–H and O–H groups in total. The maximum absolute atomic E-state index is 12.5. The number of carbonyl (C=O) groups is 2. The third kappa shape index (κ3) is 5.02. The van der Waals surface area contributed by atoms with E-state index in [1.165, 1.54) is 16.3 Å². The van der Waals surface area contributed by atoms with Crippen molar-refractivity contribution >= 4 is 33.6 Å². The monoisotopic (exact) mass is 438 g/mol. The maximum Gasteiger partial charge on any atom is 0.321 e. The highest BCUT2D eigenvalue weighted by Gasteiger charge is 2.22. The second kappa shape index (κ2) is 9.38. The molecule has 1 aliphatic heterocycles. The Balaban J connectivity index is 1.11. The average Bonchev–Trinajstić information content (AvgIpc) is 2.85. The molecule has 5 rings (SSSR count). The molecule has 1 aromatic heterocycles. The molecule has 1 fully saturated rings. The SMILES string of the molecule is O=C(NC(=O)c1ccc2ncccc2c1)NC1CCN(Cc2ccc3ccccc3c2)CC1. The van der Waals surface area contributed by atoms with Crippen molar-refractivity contribution in [1.29, 1.82) is 0 Å². The lowest BCUT2D eigenvalue weighted by Gasteiger charge is -2.32. The van der Waals surface area contributed by atoms with Crippen LogP contribution in [0.25, 0.3) is 21.7 Å². The molecule has 6 nitrogen and oxygen atoms in total. The van der Waals surface area contributed by atoms with Gasteiger partial charge in [0, 0.05) is 42.8 Å². The van der Waals surface area contributed by atoms with E-state index >= 15 is 0 Å². The summed E-state index contributed by atoms with van der Waals surface area (Å²) in [7, 11) is 0. The zero-order valence-electron chi connectivity index (χ0n) is 18.3. The van der Waals surface area contributed by atoms with Crippen molar-refractivity contribution in [3.8, 4) is 0 Å². The number of hydrogen-bond acceptors (Lipinski definition) is 4. The van der Waals surface area contributed by atoms with Gasteiger partial charge in [-0.2, -0.15) is 0 Å². The van der Waals surface area contributed by atoms with Crippen LogP contribution in [0.1, 0.15) is 28.8 Å². The number of pyridine rings is 1. The summed E-state index contributed by atoms with van der Waals surface area (Å²) in [6.07, 6.45) is 3.43. The number of piperidine rings is 1. The molecule has 0 saturated carbocycles. The number of imide groups is 1. The summed E-state index contributed by atoms with van der Waals surface area (Å²) in [6, 6.07) is 23.6. The number of fused-ring (bicyclic) bond motifs is 2. The number of nitrogens with one attached hydrogen (secondary N) is 2. The molecule has 0 unspecified atom stereocenters. The van der Waals surface area contributed by atoms with Gasteiger partial charge in [0.25, 0.3) is 5.91 Å². The molecule has 4 aromatic rings. The number of hydrogen-bond donors (Lipinski definition) is 2. The first kappa shape index (κ1) is 21.1. The molecular formula is C27H26N4O2. The lowest BCUT2D eigenvalue weighted by Crippen LogP contribution is -2.49. The smallest absolute Gasteiger partial charge is 0.321 e. The van der Waals surface area contributed by atoms with Gasteiger partial charge >= 0.3 is 6.03 Å². The van der Waals surface area contributed by atoms with Gasteiger partial charge in [-0.15, -0.1) is 0 Å². The van der Waals surface area contributed by atoms with Crippen LogP contribution in [0.3, 0.4) is 0 Å². The van der Waals surface area contributed by atoms with Crippen LogP contribution < -0.4 is 10.6 Å². The summed E-state index contributed by atoms with van der Waals surface area (Å²) < 4.78 is 0. The fourth-order valence-corrected chi connectivity index (χ4v) is 4.44. The van der Waals surface area contributed by atoms with Gasteiger partial charge in [-0.3, -0.25) is 20.0 Å². The zero-order valence-corrected chi connectivity index (χ0v) is 18.3. The van der Waals surface area contributed by atoms with Crippen LogP contribution in [0.2, 0.25) is 0 Å². The topological polar surface area (TPSA) is 74.3 Å². The summed E-state index contributed by atoms with van der Waals surface area (Å²) in [4.78, 5) is 31.5. The van der Waals surface area contributed by atoms with Crippen LogP contribution >= 0.6 is 0 Å². The normalized spacial score (nSPS) is 14.9. The van der Waals surface area contributed by atoms with Crippen LogP contribution in [0.15, 0.2) is 79.0 Å². The number of carbonyl (C=O) groups excluding carboxylic acids is 2. The quantitative estimate of drug-likeness (QED) is 0.492. The van der Waals surface area contributed by atoms with Crippen LogP contribution in [0.4, 0.5) is 4.79 Å². The predicted octanol–water partition coefficient (Wildman–Crippen LogP) is 4.49. The second-order valence-corrected chi connectivity index (χ2v) is 8.57. The highest BCUT2D eigenvalue weighted by Crippen LogP contribution is 2.19. The summed E-state index contributed by atoms with van der Waals surface area (Å²) in [6.45, 7) is 2.71. The molecule has 0 spiro atoms. The third-order valence-corrected chi connectivity index (χ3v) is 6.24. The summed E-state index contributed by atoms with van der Waals surface area (Å²) in [5, 5.41) is 8.79. The lowest BCUT2D eigenvalue weighted by atomic mass is 10.0. The number of likely N-dealkylation sites (tertiary alicyclic amines) is 1. The molecule has 0 bridgehead atoms. The minimum Gasteiger partial charge on any atom is -0.335 e. The Labute approximate surface area is 192 Å². The predicted molar refractivity (Wildman–Crippen MR) is 130 cm³/mol. The van der Waals surface area contributed by atoms with Gasteiger partial charge < -0.3 is 5.32 Å². The average molecular weight is 439 g/mol. The first-order chi connectivity index (χ1) is 16.1. The molecule has 1 saturated heterocycles. The highest BCUT2D eigenvalue weighted by atomic mass is 16.2. The number of benzene rings is 3. The van der Waals surface area contributed by atoms with Gasteiger partial charge in [0.2, 0.25) is 0 Å². The van der Waals surface area contributed by atoms with E-state index in [1.807, 2.05) is 12.1 Å². The summed E-state index contributed by atoms with van der Waals surface area (Å²) in [5.74, 6) is -0.410. The number of nitrogens with zero attached hydrogens (tertiary/aromatic N) is 2. The van der Waals surface area contributed by atoms with Crippen molar-refractivity contribution in [2.24, 2.45) is 0 Å². The van der Waals surface area contributed by atoms with Crippen molar-refractivity contribution in [2.45, 2.75) is 25.4 Å². The van der Waals surface area contributed by atoms with Gasteiger partial charge in [0.05, 0.1) is 5.52 Å².